The standard InChI is InChI=1S/C20H21FN4OS/c1-27-18-16-8-7-14(23-19(26)20(21)9-11-22-12-10-20)13-17(16)25(24-18)15-5-3-2-4-6-15/h2-8,13,22H,9-12H2,1H3,(H,23,26). The molecule has 5 nitrogen and oxygen atoms in total. The second-order valence-electron chi connectivity index (χ2n) is 6.66. The van der Waals surface area contributed by atoms with Crippen molar-refractivity contribution in [3.05, 3.63) is 48.5 Å². The van der Waals surface area contributed by atoms with Crippen molar-refractivity contribution in [1.29, 1.82) is 0 Å². The number of aromatic nitrogens is 2. The van der Waals surface area contributed by atoms with Crippen molar-refractivity contribution in [3.63, 3.8) is 0 Å². The summed E-state index contributed by atoms with van der Waals surface area (Å²) in [5.41, 5.74) is 0.575. The number of carbonyl (C=O) groups is 1. The predicted octanol–water partition coefficient (Wildman–Crippen LogP) is 3.78. The summed E-state index contributed by atoms with van der Waals surface area (Å²) in [6, 6.07) is 15.4. The quantitative estimate of drug-likeness (QED) is 0.672. The fourth-order valence-corrected chi connectivity index (χ4v) is 3.93. The Morgan fingerprint density at radius 2 is 1.96 bits per heavy atom. The largest absolute Gasteiger partial charge is 0.323 e. The van der Waals surface area contributed by atoms with Crippen LogP contribution in [0.1, 0.15) is 12.8 Å². The Balaban J connectivity index is 1.70. The van der Waals surface area contributed by atoms with Gasteiger partial charge in [-0.15, -0.1) is 11.8 Å². The summed E-state index contributed by atoms with van der Waals surface area (Å²) in [5, 5.41) is 12.4. The molecule has 0 spiro atoms. The summed E-state index contributed by atoms with van der Waals surface area (Å²) in [6.07, 6.45) is 2.37. The molecule has 0 radical (unpaired) electrons. The molecular weight excluding hydrogens is 363 g/mol. The van der Waals surface area contributed by atoms with Crippen molar-refractivity contribution in [3.8, 4) is 5.69 Å². The zero-order chi connectivity index (χ0) is 18.9. The summed E-state index contributed by atoms with van der Waals surface area (Å²) in [7, 11) is 0. The van der Waals surface area contributed by atoms with Crippen LogP contribution in [0.15, 0.2) is 53.6 Å². The number of alkyl halides is 1. The van der Waals surface area contributed by atoms with Crippen LogP contribution >= 0.6 is 11.8 Å². The highest BCUT2D eigenvalue weighted by molar-refractivity contribution is 7.98. The van der Waals surface area contributed by atoms with E-state index < -0.39 is 11.6 Å². The van der Waals surface area contributed by atoms with Gasteiger partial charge in [-0.3, -0.25) is 4.79 Å². The fraction of sp³-hybridized carbons (Fsp3) is 0.300. The highest BCUT2D eigenvalue weighted by atomic mass is 32.2. The molecule has 1 fully saturated rings. The van der Waals surface area contributed by atoms with E-state index in [1.54, 1.807) is 17.8 Å². The van der Waals surface area contributed by atoms with E-state index in [0.717, 1.165) is 21.6 Å². The molecule has 3 aromatic rings. The summed E-state index contributed by atoms with van der Waals surface area (Å²) >= 11 is 1.57. The van der Waals surface area contributed by atoms with Gasteiger partial charge in [-0.25, -0.2) is 9.07 Å². The highest BCUT2D eigenvalue weighted by Crippen LogP contribution is 2.31. The molecule has 1 aromatic heterocycles. The van der Waals surface area contributed by atoms with E-state index >= 15 is 0 Å². The van der Waals surface area contributed by atoms with Crippen molar-refractivity contribution in [2.75, 3.05) is 24.7 Å². The molecule has 4 rings (SSSR count). The first kappa shape index (κ1) is 18.0. The maximum absolute atomic E-state index is 14.9. The van der Waals surface area contributed by atoms with E-state index in [2.05, 4.69) is 15.7 Å². The van der Waals surface area contributed by atoms with Crippen molar-refractivity contribution in [2.45, 2.75) is 23.5 Å². The number of halogens is 1. The van der Waals surface area contributed by atoms with E-state index in [-0.39, 0.29) is 12.8 Å². The van der Waals surface area contributed by atoms with Crippen LogP contribution in [0.4, 0.5) is 10.1 Å². The minimum absolute atomic E-state index is 0.194. The third kappa shape index (κ3) is 3.44. The van der Waals surface area contributed by atoms with Crippen molar-refractivity contribution < 1.29 is 9.18 Å². The average Bonchev–Trinajstić information content (AvgIpc) is 3.07. The number of hydrogen-bond acceptors (Lipinski definition) is 4. The molecule has 1 aliphatic heterocycles. The molecule has 27 heavy (non-hydrogen) atoms. The maximum Gasteiger partial charge on any atom is 0.262 e. The van der Waals surface area contributed by atoms with Gasteiger partial charge in [0.1, 0.15) is 5.03 Å². The Kier molecular flexibility index (Phi) is 4.88. The van der Waals surface area contributed by atoms with Crippen LogP contribution in [-0.4, -0.2) is 40.7 Å². The molecule has 2 N–H and O–H groups in total. The Hall–Kier alpha value is -2.38. The molecule has 0 bridgehead atoms. The van der Waals surface area contributed by atoms with E-state index in [1.165, 1.54) is 0 Å². The lowest BCUT2D eigenvalue weighted by Gasteiger charge is -2.28. The number of anilines is 1. The molecule has 2 aromatic carbocycles. The van der Waals surface area contributed by atoms with Gasteiger partial charge in [0.2, 0.25) is 0 Å². The Bertz CT molecular complexity index is 967. The van der Waals surface area contributed by atoms with Gasteiger partial charge in [0.05, 0.1) is 11.2 Å². The molecule has 1 aliphatic rings. The summed E-state index contributed by atoms with van der Waals surface area (Å²) in [6.45, 7) is 1.03. The fourth-order valence-electron chi connectivity index (χ4n) is 3.37. The molecule has 0 aliphatic carbocycles. The normalized spacial score (nSPS) is 16.4. The van der Waals surface area contributed by atoms with Gasteiger partial charge in [0, 0.05) is 23.9 Å². The second-order valence-corrected chi connectivity index (χ2v) is 7.45. The first-order chi connectivity index (χ1) is 13.1. The highest BCUT2D eigenvalue weighted by Gasteiger charge is 2.39. The maximum atomic E-state index is 14.9. The van der Waals surface area contributed by atoms with E-state index in [9.17, 15) is 9.18 Å². The molecular formula is C20H21FN4OS. The second kappa shape index (κ2) is 7.32. The van der Waals surface area contributed by atoms with Gasteiger partial charge in [0.25, 0.3) is 5.91 Å². The lowest BCUT2D eigenvalue weighted by molar-refractivity contribution is -0.128. The van der Waals surface area contributed by atoms with Crippen LogP contribution in [0.2, 0.25) is 0 Å². The number of nitrogens with zero attached hydrogens (tertiary/aromatic N) is 2. The molecule has 2 heterocycles. The van der Waals surface area contributed by atoms with Gasteiger partial charge in [-0.05, 0) is 49.7 Å². The number of para-hydroxylation sites is 1. The Morgan fingerprint density at radius 1 is 1.22 bits per heavy atom. The molecule has 1 saturated heterocycles. The van der Waals surface area contributed by atoms with Gasteiger partial charge in [0.15, 0.2) is 5.67 Å². The van der Waals surface area contributed by atoms with Crippen LogP contribution in [0.25, 0.3) is 16.6 Å². The average molecular weight is 384 g/mol. The minimum atomic E-state index is -1.82. The predicted molar refractivity (Wildman–Crippen MR) is 107 cm³/mol. The van der Waals surface area contributed by atoms with Crippen LogP contribution < -0.4 is 10.6 Å². The minimum Gasteiger partial charge on any atom is -0.323 e. The number of carbonyl (C=O) groups excluding carboxylic acids is 1. The monoisotopic (exact) mass is 384 g/mol. The van der Waals surface area contributed by atoms with Crippen LogP contribution in [0, 0.1) is 0 Å². The molecule has 140 valence electrons. The lowest BCUT2D eigenvalue weighted by atomic mass is 9.93. The number of amides is 1. The van der Waals surface area contributed by atoms with Crippen molar-refractivity contribution >= 4 is 34.3 Å². The molecule has 1 amide bonds. The number of hydrogen-bond donors (Lipinski definition) is 2. The SMILES string of the molecule is CSc1nn(-c2ccccc2)c2cc(NC(=O)C3(F)CCNCC3)ccc12. The smallest absolute Gasteiger partial charge is 0.262 e. The van der Waals surface area contributed by atoms with Crippen LogP contribution in [0.5, 0.6) is 0 Å². The molecule has 7 heteroatoms. The third-order valence-electron chi connectivity index (χ3n) is 4.90. The molecule has 0 unspecified atom stereocenters. The Labute approximate surface area is 161 Å². The number of benzene rings is 2. The van der Waals surface area contributed by atoms with Gasteiger partial charge in [-0.2, -0.15) is 5.10 Å². The summed E-state index contributed by atoms with van der Waals surface area (Å²) < 4.78 is 16.7. The third-order valence-corrected chi connectivity index (χ3v) is 5.59. The van der Waals surface area contributed by atoms with Gasteiger partial charge >= 0.3 is 0 Å². The van der Waals surface area contributed by atoms with Crippen LogP contribution in [-0.2, 0) is 4.79 Å². The number of fused-ring (bicyclic) bond motifs is 1. The van der Waals surface area contributed by atoms with Gasteiger partial charge < -0.3 is 10.6 Å². The summed E-state index contributed by atoms with van der Waals surface area (Å²) in [4.78, 5) is 12.5. The zero-order valence-corrected chi connectivity index (χ0v) is 15.9. The number of thioether (sulfide) groups is 1. The molecule has 0 saturated carbocycles. The number of rotatable bonds is 4. The van der Waals surface area contributed by atoms with Crippen molar-refractivity contribution in [1.82, 2.24) is 15.1 Å². The summed E-state index contributed by atoms with van der Waals surface area (Å²) in [5.74, 6) is -0.570. The topological polar surface area (TPSA) is 59.0 Å². The Morgan fingerprint density at radius 3 is 2.67 bits per heavy atom. The lowest BCUT2D eigenvalue weighted by Crippen LogP contribution is -2.47. The zero-order valence-electron chi connectivity index (χ0n) is 15.0. The van der Waals surface area contributed by atoms with Crippen LogP contribution in [0.3, 0.4) is 0 Å². The van der Waals surface area contributed by atoms with E-state index in [0.29, 0.717) is 18.8 Å². The van der Waals surface area contributed by atoms with Crippen molar-refractivity contribution in [2.24, 2.45) is 0 Å². The number of nitrogens with one attached hydrogen (secondary N) is 2. The number of piperidine rings is 1. The first-order valence-electron chi connectivity index (χ1n) is 8.94. The van der Waals surface area contributed by atoms with Gasteiger partial charge in [-0.1, -0.05) is 18.2 Å². The van der Waals surface area contributed by atoms with E-state index in [4.69, 9.17) is 0 Å². The first-order valence-corrected chi connectivity index (χ1v) is 10.2. The van der Waals surface area contributed by atoms with E-state index in [1.807, 2.05) is 53.4 Å². The molecule has 0 atom stereocenters.